The first-order valence-corrected chi connectivity index (χ1v) is 6.95. The highest BCUT2D eigenvalue weighted by Gasteiger charge is 2.12. The van der Waals surface area contributed by atoms with E-state index in [1.165, 1.54) is 0 Å². The summed E-state index contributed by atoms with van der Waals surface area (Å²) < 4.78 is 19.7. The van der Waals surface area contributed by atoms with Gasteiger partial charge in [0.05, 0.1) is 50.8 Å². The van der Waals surface area contributed by atoms with Crippen LogP contribution in [0.4, 0.5) is 0 Å². The molecule has 7 heteroatoms. The molecule has 0 heterocycles. The molecule has 0 spiro atoms. The minimum absolute atomic E-state index is 0.0363. The monoisotopic (exact) mass is 316 g/mol. The molecule has 0 saturated carbocycles. The summed E-state index contributed by atoms with van der Waals surface area (Å²) in [5.41, 5.74) is 0.344. The van der Waals surface area contributed by atoms with Gasteiger partial charge in [-0.1, -0.05) is 13.2 Å². The van der Waals surface area contributed by atoms with Crippen molar-refractivity contribution in [3.8, 4) is 0 Å². The van der Waals surface area contributed by atoms with Gasteiger partial charge in [0, 0.05) is 0 Å². The van der Waals surface area contributed by atoms with Gasteiger partial charge < -0.3 is 24.1 Å². The lowest BCUT2D eigenvalue weighted by molar-refractivity contribution is -0.140. The van der Waals surface area contributed by atoms with Crippen LogP contribution in [0.25, 0.3) is 0 Å². The van der Waals surface area contributed by atoms with Gasteiger partial charge >= 0.3 is 11.9 Å². The minimum Gasteiger partial charge on any atom is -0.463 e. The van der Waals surface area contributed by atoms with Crippen molar-refractivity contribution < 1.29 is 33.6 Å². The van der Waals surface area contributed by atoms with Crippen molar-refractivity contribution in [2.24, 2.45) is 0 Å². The number of carbonyl (C=O) groups is 2. The van der Waals surface area contributed by atoms with Crippen LogP contribution in [0.5, 0.6) is 0 Å². The lowest BCUT2D eigenvalue weighted by Gasteiger charge is -2.13. The summed E-state index contributed by atoms with van der Waals surface area (Å²) in [4.78, 5) is 22.5. The van der Waals surface area contributed by atoms with Crippen molar-refractivity contribution in [2.75, 3.05) is 39.6 Å². The van der Waals surface area contributed by atoms with Crippen LogP contribution in [0, 0.1) is 0 Å². The Balaban J connectivity index is 3.76. The number of carbonyl (C=O) groups excluding carboxylic acids is 2. The summed E-state index contributed by atoms with van der Waals surface area (Å²) in [5.74, 6) is -1.06. The molecule has 0 aliphatic heterocycles. The minimum atomic E-state index is -0.898. The Morgan fingerprint density at radius 3 is 1.59 bits per heavy atom. The molecule has 0 saturated heterocycles. The fourth-order valence-corrected chi connectivity index (χ4v) is 1.27. The molecule has 0 fully saturated rings. The first-order valence-electron chi connectivity index (χ1n) is 6.95. The lowest BCUT2D eigenvalue weighted by Crippen LogP contribution is -2.24. The maximum absolute atomic E-state index is 11.2. The fraction of sp³-hybridized carbons (Fsp3) is 0.600. The van der Waals surface area contributed by atoms with Gasteiger partial charge in [0.25, 0.3) is 0 Å². The average Bonchev–Trinajstić information content (AvgIpc) is 2.47. The molecular weight excluding hydrogens is 292 g/mol. The topological polar surface area (TPSA) is 91.3 Å². The van der Waals surface area contributed by atoms with Crippen LogP contribution in [0.15, 0.2) is 24.3 Å². The third-order valence-corrected chi connectivity index (χ3v) is 2.30. The Kier molecular flexibility index (Phi) is 11.0. The summed E-state index contributed by atoms with van der Waals surface area (Å²) >= 11 is 0. The van der Waals surface area contributed by atoms with Gasteiger partial charge in [0.2, 0.25) is 0 Å². The highest BCUT2D eigenvalue weighted by atomic mass is 16.5. The standard InChI is InChI=1S/C15H24O7/c1-5-21-14(17)11(3)7-19-9-13(16)10-20-8-12(4)15(18)22-6-2/h13,16H,3-10H2,1-2H3. The number of aliphatic hydroxyl groups is 1. The zero-order valence-corrected chi connectivity index (χ0v) is 13.1. The summed E-state index contributed by atoms with van der Waals surface area (Å²) in [6, 6.07) is 0. The second-order valence-corrected chi connectivity index (χ2v) is 4.33. The summed E-state index contributed by atoms with van der Waals surface area (Å²) in [6.07, 6.45) is -0.898. The number of hydrogen-bond donors (Lipinski definition) is 1. The molecule has 0 bridgehead atoms. The van der Waals surface area contributed by atoms with Crippen LogP contribution in [0.1, 0.15) is 13.8 Å². The molecule has 0 aliphatic carbocycles. The second kappa shape index (κ2) is 11.9. The Morgan fingerprint density at radius 1 is 0.909 bits per heavy atom. The van der Waals surface area contributed by atoms with Crippen LogP contribution in [-0.4, -0.2) is 62.8 Å². The van der Waals surface area contributed by atoms with E-state index in [1.54, 1.807) is 13.8 Å². The third kappa shape index (κ3) is 9.28. The normalized spacial score (nSPS) is 10.4. The van der Waals surface area contributed by atoms with Crippen LogP contribution >= 0.6 is 0 Å². The lowest BCUT2D eigenvalue weighted by atomic mass is 10.3. The predicted molar refractivity (Wildman–Crippen MR) is 79.2 cm³/mol. The van der Waals surface area contributed by atoms with Crippen LogP contribution in [-0.2, 0) is 28.5 Å². The van der Waals surface area contributed by atoms with Crippen molar-refractivity contribution >= 4 is 11.9 Å². The van der Waals surface area contributed by atoms with Crippen molar-refractivity contribution in [2.45, 2.75) is 20.0 Å². The summed E-state index contributed by atoms with van der Waals surface area (Å²) in [5, 5.41) is 9.62. The van der Waals surface area contributed by atoms with E-state index in [0.29, 0.717) is 0 Å². The summed E-state index contributed by atoms with van der Waals surface area (Å²) in [6.45, 7) is 10.8. The molecule has 0 unspecified atom stereocenters. The molecular formula is C15H24O7. The van der Waals surface area contributed by atoms with E-state index in [-0.39, 0.29) is 50.8 Å². The largest absolute Gasteiger partial charge is 0.463 e. The highest BCUT2D eigenvalue weighted by molar-refractivity contribution is 5.88. The van der Waals surface area contributed by atoms with E-state index >= 15 is 0 Å². The van der Waals surface area contributed by atoms with Gasteiger partial charge in [0.15, 0.2) is 0 Å². The quantitative estimate of drug-likeness (QED) is 0.417. The predicted octanol–water partition coefficient (Wildman–Crippen LogP) is 0.619. The van der Waals surface area contributed by atoms with Gasteiger partial charge in [0.1, 0.15) is 6.10 Å². The molecule has 22 heavy (non-hydrogen) atoms. The third-order valence-electron chi connectivity index (χ3n) is 2.30. The SMILES string of the molecule is C=C(COCC(O)COCC(=C)C(=O)OCC)C(=O)OCC. The number of ether oxygens (including phenoxy) is 4. The van der Waals surface area contributed by atoms with E-state index in [9.17, 15) is 14.7 Å². The fourth-order valence-electron chi connectivity index (χ4n) is 1.27. The summed E-state index contributed by atoms with van der Waals surface area (Å²) in [7, 11) is 0. The zero-order valence-electron chi connectivity index (χ0n) is 13.1. The van der Waals surface area contributed by atoms with Gasteiger partial charge in [-0.15, -0.1) is 0 Å². The molecule has 0 aromatic carbocycles. The molecule has 0 aliphatic rings. The number of hydrogen-bond acceptors (Lipinski definition) is 7. The van der Waals surface area contributed by atoms with Crippen molar-refractivity contribution in [3.63, 3.8) is 0 Å². The van der Waals surface area contributed by atoms with E-state index in [4.69, 9.17) is 18.9 Å². The zero-order chi connectivity index (χ0) is 17.0. The van der Waals surface area contributed by atoms with Crippen LogP contribution in [0.2, 0.25) is 0 Å². The smallest absolute Gasteiger partial charge is 0.335 e. The maximum Gasteiger partial charge on any atom is 0.335 e. The van der Waals surface area contributed by atoms with Gasteiger partial charge in [-0.2, -0.15) is 0 Å². The van der Waals surface area contributed by atoms with Crippen molar-refractivity contribution in [3.05, 3.63) is 24.3 Å². The van der Waals surface area contributed by atoms with E-state index in [0.717, 1.165) is 0 Å². The number of rotatable bonds is 12. The van der Waals surface area contributed by atoms with Gasteiger partial charge in [-0.05, 0) is 13.8 Å². The van der Waals surface area contributed by atoms with Crippen molar-refractivity contribution in [1.82, 2.24) is 0 Å². The Bertz CT molecular complexity index is 353. The Labute approximate surface area is 130 Å². The van der Waals surface area contributed by atoms with Crippen molar-refractivity contribution in [1.29, 1.82) is 0 Å². The van der Waals surface area contributed by atoms with Gasteiger partial charge in [-0.3, -0.25) is 0 Å². The van der Waals surface area contributed by atoms with Crippen LogP contribution < -0.4 is 0 Å². The van der Waals surface area contributed by atoms with E-state index in [2.05, 4.69) is 13.2 Å². The highest BCUT2D eigenvalue weighted by Crippen LogP contribution is 1.99. The Hall–Kier alpha value is -1.70. The average molecular weight is 316 g/mol. The van der Waals surface area contributed by atoms with E-state index < -0.39 is 18.0 Å². The Morgan fingerprint density at radius 2 is 1.27 bits per heavy atom. The molecule has 0 aromatic rings. The molecule has 0 radical (unpaired) electrons. The first-order chi connectivity index (χ1) is 10.4. The maximum atomic E-state index is 11.2. The number of aliphatic hydroxyl groups excluding tert-OH is 1. The molecule has 1 N–H and O–H groups in total. The second-order valence-electron chi connectivity index (χ2n) is 4.33. The molecule has 0 atom stereocenters. The number of esters is 2. The first kappa shape index (κ1) is 20.3. The molecule has 0 aromatic heterocycles. The molecule has 0 rings (SSSR count). The molecule has 126 valence electrons. The van der Waals surface area contributed by atoms with Gasteiger partial charge in [-0.25, -0.2) is 9.59 Å². The van der Waals surface area contributed by atoms with E-state index in [1.807, 2.05) is 0 Å². The van der Waals surface area contributed by atoms with Crippen LogP contribution in [0.3, 0.4) is 0 Å². The molecule has 0 amide bonds. The molecule has 7 nitrogen and oxygen atoms in total.